The van der Waals surface area contributed by atoms with Crippen LogP contribution in [-0.2, 0) is 14.9 Å². The summed E-state index contributed by atoms with van der Waals surface area (Å²) >= 11 is 0. The molecule has 0 spiro atoms. The molecule has 1 saturated carbocycles. The summed E-state index contributed by atoms with van der Waals surface area (Å²) in [6.45, 7) is 3.80. The zero-order valence-corrected chi connectivity index (χ0v) is 21.4. The molecule has 1 fully saturated rings. The Kier molecular flexibility index (Phi) is 11.3. The largest absolute Gasteiger partial charge is 0.481 e. The zero-order chi connectivity index (χ0) is 24.9. The fraction of sp³-hybridized carbons (Fsp3) is 0.581. The Labute approximate surface area is 211 Å². The van der Waals surface area contributed by atoms with E-state index in [2.05, 4.69) is 6.92 Å². The highest BCUT2D eigenvalue weighted by atomic mass is 19.1. The first-order valence-corrected chi connectivity index (χ1v) is 13.7. The summed E-state index contributed by atoms with van der Waals surface area (Å²) in [5.74, 6) is -0.959. The van der Waals surface area contributed by atoms with Crippen molar-refractivity contribution >= 4 is 5.97 Å². The van der Waals surface area contributed by atoms with Crippen LogP contribution in [-0.4, -0.2) is 30.5 Å². The van der Waals surface area contributed by atoms with Gasteiger partial charge in [-0.15, -0.1) is 0 Å². The van der Waals surface area contributed by atoms with Crippen molar-refractivity contribution in [3.8, 4) is 11.1 Å². The number of ether oxygens (including phenoxy) is 1. The normalized spacial score (nSPS) is 22.2. The molecule has 0 aliphatic heterocycles. The number of carboxylic acid groups (broad SMARTS) is 1. The van der Waals surface area contributed by atoms with E-state index in [9.17, 15) is 9.90 Å². The second-order valence-corrected chi connectivity index (χ2v) is 10.2. The van der Waals surface area contributed by atoms with E-state index in [0.29, 0.717) is 18.4 Å². The lowest BCUT2D eigenvalue weighted by atomic mass is 9.65. The number of carbonyl (C=O) groups is 1. The molecule has 1 aliphatic rings. The molecule has 3 rings (SSSR count). The van der Waals surface area contributed by atoms with Crippen LogP contribution in [0.15, 0.2) is 54.6 Å². The number of alkyl halides is 1. The van der Waals surface area contributed by atoms with Crippen LogP contribution in [0.3, 0.4) is 0 Å². The van der Waals surface area contributed by atoms with Crippen LogP contribution in [0.25, 0.3) is 11.1 Å². The summed E-state index contributed by atoms with van der Waals surface area (Å²) in [4.78, 5) is 12.4. The molecule has 0 saturated heterocycles. The van der Waals surface area contributed by atoms with Gasteiger partial charge in [-0.3, -0.25) is 4.79 Å². The number of aliphatic carboxylic acids is 1. The molecule has 0 radical (unpaired) electrons. The molecule has 192 valence electrons. The molecule has 1 aliphatic carbocycles. The van der Waals surface area contributed by atoms with E-state index >= 15 is 4.39 Å². The molecule has 2 aromatic rings. The SMILES string of the molecule is CCCCCCCCOCCCC[C@@H]1CC[C@](C(=O)O)(c2ccc(-c3ccccc3)cc2)CC1F. The van der Waals surface area contributed by atoms with Crippen LogP contribution in [0.2, 0.25) is 0 Å². The van der Waals surface area contributed by atoms with Gasteiger partial charge in [-0.1, -0.05) is 100 Å². The van der Waals surface area contributed by atoms with Crippen molar-refractivity contribution in [3.63, 3.8) is 0 Å². The number of halogens is 1. The molecule has 0 bridgehead atoms. The summed E-state index contributed by atoms with van der Waals surface area (Å²) in [6.07, 6.45) is 10.4. The summed E-state index contributed by atoms with van der Waals surface area (Å²) < 4.78 is 21.0. The van der Waals surface area contributed by atoms with Gasteiger partial charge in [0.05, 0.1) is 5.41 Å². The van der Waals surface area contributed by atoms with Gasteiger partial charge in [0.2, 0.25) is 0 Å². The average molecular weight is 483 g/mol. The molecule has 0 amide bonds. The number of carboxylic acids is 1. The molecule has 0 heterocycles. The average Bonchev–Trinajstić information content (AvgIpc) is 2.88. The Hall–Kier alpha value is -2.20. The predicted octanol–water partition coefficient (Wildman–Crippen LogP) is 8.36. The van der Waals surface area contributed by atoms with Crippen molar-refractivity contribution < 1.29 is 19.0 Å². The number of hydrogen-bond donors (Lipinski definition) is 1. The third kappa shape index (κ3) is 7.90. The standard InChI is InChI=1S/C31H43FO3/c1-2-3-4-5-6-11-22-35-23-12-10-15-27-20-21-31(30(33)34,24-29(27)32)28-18-16-26(17-19-28)25-13-8-7-9-14-25/h7-9,13-14,16-19,27,29H,2-6,10-12,15,20-24H2,1H3,(H,33,34)/t27-,29?,31-/m1/s1. The molecule has 4 heteroatoms. The molecular weight excluding hydrogens is 439 g/mol. The number of rotatable bonds is 15. The first kappa shape index (κ1) is 27.4. The fourth-order valence-corrected chi connectivity index (χ4v) is 5.43. The molecule has 1 unspecified atom stereocenters. The third-order valence-corrected chi connectivity index (χ3v) is 7.71. The van der Waals surface area contributed by atoms with E-state index in [4.69, 9.17) is 4.74 Å². The lowest BCUT2D eigenvalue weighted by molar-refractivity contribution is -0.147. The summed E-state index contributed by atoms with van der Waals surface area (Å²) in [5.41, 5.74) is 1.71. The Morgan fingerprint density at radius 2 is 1.54 bits per heavy atom. The Morgan fingerprint density at radius 3 is 2.20 bits per heavy atom. The van der Waals surface area contributed by atoms with Gasteiger partial charge >= 0.3 is 5.97 Å². The second-order valence-electron chi connectivity index (χ2n) is 10.2. The number of benzene rings is 2. The Bertz CT molecular complexity index is 867. The van der Waals surface area contributed by atoms with Gasteiger partial charge in [-0.2, -0.15) is 0 Å². The maximum atomic E-state index is 15.2. The van der Waals surface area contributed by atoms with Gasteiger partial charge in [0.25, 0.3) is 0 Å². The molecular formula is C31H43FO3. The topological polar surface area (TPSA) is 46.5 Å². The van der Waals surface area contributed by atoms with Gasteiger partial charge < -0.3 is 9.84 Å². The Morgan fingerprint density at radius 1 is 0.914 bits per heavy atom. The van der Waals surface area contributed by atoms with Gasteiger partial charge in [0.1, 0.15) is 6.17 Å². The van der Waals surface area contributed by atoms with Crippen LogP contribution in [0.4, 0.5) is 4.39 Å². The van der Waals surface area contributed by atoms with Crippen LogP contribution >= 0.6 is 0 Å². The first-order valence-electron chi connectivity index (χ1n) is 13.7. The molecule has 35 heavy (non-hydrogen) atoms. The molecule has 3 nitrogen and oxygen atoms in total. The van der Waals surface area contributed by atoms with Crippen molar-refractivity contribution in [2.75, 3.05) is 13.2 Å². The van der Waals surface area contributed by atoms with Crippen LogP contribution in [0.1, 0.15) is 89.5 Å². The second kappa shape index (κ2) is 14.4. The van der Waals surface area contributed by atoms with E-state index in [1.54, 1.807) is 0 Å². The van der Waals surface area contributed by atoms with Gasteiger partial charge in [-0.05, 0) is 61.1 Å². The molecule has 2 aromatic carbocycles. The molecule has 1 N–H and O–H groups in total. The quantitative estimate of drug-likeness (QED) is 0.259. The van der Waals surface area contributed by atoms with Gasteiger partial charge in [0.15, 0.2) is 0 Å². The summed E-state index contributed by atoms with van der Waals surface area (Å²) in [5, 5.41) is 10.1. The van der Waals surface area contributed by atoms with Crippen molar-refractivity contribution in [2.45, 2.75) is 95.6 Å². The summed E-state index contributed by atoms with van der Waals surface area (Å²) in [7, 11) is 0. The smallest absolute Gasteiger partial charge is 0.314 e. The van der Waals surface area contributed by atoms with Crippen molar-refractivity contribution in [1.29, 1.82) is 0 Å². The van der Waals surface area contributed by atoms with Crippen LogP contribution in [0.5, 0.6) is 0 Å². The minimum absolute atomic E-state index is 0.0513. The highest BCUT2D eigenvalue weighted by molar-refractivity contribution is 5.82. The van der Waals surface area contributed by atoms with E-state index in [1.165, 1.54) is 32.1 Å². The minimum atomic E-state index is -1.13. The number of unbranched alkanes of at least 4 members (excludes halogenated alkanes) is 6. The zero-order valence-electron chi connectivity index (χ0n) is 21.4. The van der Waals surface area contributed by atoms with Crippen LogP contribution < -0.4 is 0 Å². The highest BCUT2D eigenvalue weighted by Gasteiger charge is 2.47. The summed E-state index contributed by atoms with van der Waals surface area (Å²) in [6, 6.07) is 17.7. The van der Waals surface area contributed by atoms with Crippen molar-refractivity contribution in [2.24, 2.45) is 5.92 Å². The highest BCUT2D eigenvalue weighted by Crippen LogP contribution is 2.45. The molecule has 0 aromatic heterocycles. The predicted molar refractivity (Wildman–Crippen MR) is 141 cm³/mol. The van der Waals surface area contributed by atoms with E-state index in [0.717, 1.165) is 50.0 Å². The minimum Gasteiger partial charge on any atom is -0.481 e. The third-order valence-electron chi connectivity index (χ3n) is 7.71. The van der Waals surface area contributed by atoms with Gasteiger partial charge in [0, 0.05) is 13.2 Å². The van der Waals surface area contributed by atoms with E-state index in [1.807, 2.05) is 54.6 Å². The van der Waals surface area contributed by atoms with Crippen molar-refractivity contribution in [1.82, 2.24) is 0 Å². The lowest BCUT2D eigenvalue weighted by Gasteiger charge is -2.39. The first-order chi connectivity index (χ1) is 17.1. The van der Waals surface area contributed by atoms with Gasteiger partial charge in [-0.25, -0.2) is 4.39 Å². The number of hydrogen-bond acceptors (Lipinski definition) is 2. The fourth-order valence-electron chi connectivity index (χ4n) is 5.43. The monoisotopic (exact) mass is 482 g/mol. The Balaban J connectivity index is 1.43. The van der Waals surface area contributed by atoms with E-state index in [-0.39, 0.29) is 12.3 Å². The lowest BCUT2D eigenvalue weighted by Crippen LogP contribution is -2.44. The maximum Gasteiger partial charge on any atom is 0.314 e. The van der Waals surface area contributed by atoms with E-state index < -0.39 is 17.6 Å². The van der Waals surface area contributed by atoms with Crippen LogP contribution in [0, 0.1) is 5.92 Å². The maximum absolute atomic E-state index is 15.2. The molecule has 3 atom stereocenters. The van der Waals surface area contributed by atoms with Crippen molar-refractivity contribution in [3.05, 3.63) is 60.2 Å².